The zero-order valence-corrected chi connectivity index (χ0v) is 7.51. The SMILES string of the molecule is Nc1nc(N)c2ncn(C3CC3)c2n1. The Morgan fingerprint density at radius 3 is 2.79 bits per heavy atom. The minimum atomic E-state index is 0.206. The van der Waals surface area contributed by atoms with Crippen LogP contribution in [0.5, 0.6) is 0 Å². The molecule has 0 unspecified atom stereocenters. The van der Waals surface area contributed by atoms with E-state index >= 15 is 0 Å². The van der Waals surface area contributed by atoms with Crippen molar-refractivity contribution in [1.29, 1.82) is 0 Å². The molecule has 0 radical (unpaired) electrons. The highest BCUT2D eigenvalue weighted by Gasteiger charge is 2.26. The minimum absolute atomic E-state index is 0.206. The van der Waals surface area contributed by atoms with Crippen molar-refractivity contribution < 1.29 is 0 Å². The van der Waals surface area contributed by atoms with Gasteiger partial charge >= 0.3 is 0 Å². The third-order valence-electron chi connectivity index (χ3n) is 2.41. The second kappa shape index (κ2) is 2.34. The van der Waals surface area contributed by atoms with Gasteiger partial charge in [0.15, 0.2) is 11.5 Å². The third-order valence-corrected chi connectivity index (χ3v) is 2.41. The summed E-state index contributed by atoms with van der Waals surface area (Å²) in [6, 6.07) is 0.522. The summed E-state index contributed by atoms with van der Waals surface area (Å²) in [5.41, 5.74) is 12.6. The third kappa shape index (κ3) is 0.935. The van der Waals surface area contributed by atoms with Crippen molar-refractivity contribution in [1.82, 2.24) is 19.5 Å². The molecule has 2 heterocycles. The minimum Gasteiger partial charge on any atom is -0.382 e. The maximum Gasteiger partial charge on any atom is 0.224 e. The van der Waals surface area contributed by atoms with Gasteiger partial charge in [-0.2, -0.15) is 9.97 Å². The lowest BCUT2D eigenvalue weighted by Gasteiger charge is -2.00. The number of anilines is 2. The van der Waals surface area contributed by atoms with Crippen LogP contribution in [-0.4, -0.2) is 19.5 Å². The van der Waals surface area contributed by atoms with E-state index in [1.807, 2.05) is 4.57 Å². The number of nitrogen functional groups attached to an aromatic ring is 2. The van der Waals surface area contributed by atoms with E-state index in [1.54, 1.807) is 6.33 Å². The molecule has 1 fully saturated rings. The van der Waals surface area contributed by atoms with Crippen molar-refractivity contribution in [3.63, 3.8) is 0 Å². The summed E-state index contributed by atoms with van der Waals surface area (Å²) in [7, 11) is 0. The van der Waals surface area contributed by atoms with E-state index in [1.165, 1.54) is 12.8 Å². The van der Waals surface area contributed by atoms with Gasteiger partial charge in [0.25, 0.3) is 0 Å². The highest BCUT2D eigenvalue weighted by atomic mass is 15.2. The number of rotatable bonds is 1. The molecule has 1 aliphatic carbocycles. The standard InChI is InChI=1S/C8H10N6/c9-6-5-7(13-8(10)12-6)14(3-11-5)4-1-2-4/h3-4H,1-2H2,(H4,9,10,12,13). The topological polar surface area (TPSA) is 95.6 Å². The van der Waals surface area contributed by atoms with Crippen LogP contribution in [0.2, 0.25) is 0 Å². The van der Waals surface area contributed by atoms with E-state index in [0.29, 0.717) is 17.4 Å². The number of hydrogen-bond acceptors (Lipinski definition) is 5. The van der Waals surface area contributed by atoms with Crippen LogP contribution in [0, 0.1) is 0 Å². The van der Waals surface area contributed by atoms with Gasteiger partial charge in [0.2, 0.25) is 5.95 Å². The monoisotopic (exact) mass is 190 g/mol. The molecule has 1 aliphatic rings. The molecule has 0 saturated heterocycles. The Morgan fingerprint density at radius 1 is 1.29 bits per heavy atom. The fraction of sp³-hybridized carbons (Fsp3) is 0.375. The second-order valence-electron chi connectivity index (χ2n) is 3.52. The lowest BCUT2D eigenvalue weighted by atomic mass is 10.5. The fourth-order valence-corrected chi connectivity index (χ4v) is 1.58. The summed E-state index contributed by atoms with van der Waals surface area (Å²) in [6.07, 6.45) is 4.11. The van der Waals surface area contributed by atoms with Crippen LogP contribution in [0.25, 0.3) is 11.2 Å². The van der Waals surface area contributed by atoms with Gasteiger partial charge in [-0.15, -0.1) is 0 Å². The number of nitrogens with zero attached hydrogens (tertiary/aromatic N) is 4. The molecule has 0 atom stereocenters. The Labute approximate surface area is 80.0 Å². The lowest BCUT2D eigenvalue weighted by Crippen LogP contribution is -2.02. The zero-order valence-electron chi connectivity index (χ0n) is 7.51. The van der Waals surface area contributed by atoms with E-state index < -0.39 is 0 Å². The number of nitrogens with two attached hydrogens (primary N) is 2. The average Bonchev–Trinajstić information content (AvgIpc) is 2.87. The first-order valence-electron chi connectivity index (χ1n) is 4.51. The van der Waals surface area contributed by atoms with Crippen molar-refractivity contribution in [2.75, 3.05) is 11.5 Å². The maximum absolute atomic E-state index is 5.68. The number of fused-ring (bicyclic) bond motifs is 1. The molecule has 4 N–H and O–H groups in total. The number of hydrogen-bond donors (Lipinski definition) is 2. The molecule has 0 amide bonds. The summed E-state index contributed by atoms with van der Waals surface area (Å²) >= 11 is 0. The molecule has 6 nitrogen and oxygen atoms in total. The Balaban J connectivity index is 2.33. The highest BCUT2D eigenvalue weighted by molar-refractivity contribution is 5.82. The van der Waals surface area contributed by atoms with E-state index in [-0.39, 0.29) is 5.95 Å². The molecule has 3 rings (SSSR count). The summed E-state index contributed by atoms with van der Waals surface area (Å²) in [5, 5.41) is 0. The van der Waals surface area contributed by atoms with Crippen LogP contribution in [0.1, 0.15) is 18.9 Å². The molecule has 2 aromatic rings. The van der Waals surface area contributed by atoms with Crippen LogP contribution >= 0.6 is 0 Å². The van der Waals surface area contributed by atoms with E-state index in [4.69, 9.17) is 11.5 Å². The summed E-state index contributed by atoms with van der Waals surface area (Å²) in [4.78, 5) is 12.2. The predicted molar refractivity (Wildman–Crippen MR) is 52.4 cm³/mol. The predicted octanol–water partition coefficient (Wildman–Crippen LogP) is 0.326. The van der Waals surface area contributed by atoms with E-state index in [9.17, 15) is 0 Å². The Kier molecular flexibility index (Phi) is 1.26. The van der Waals surface area contributed by atoms with Crippen molar-refractivity contribution in [2.24, 2.45) is 0 Å². The average molecular weight is 190 g/mol. The molecule has 2 aromatic heterocycles. The van der Waals surface area contributed by atoms with Gasteiger partial charge in [0.1, 0.15) is 5.52 Å². The van der Waals surface area contributed by atoms with Crippen LogP contribution in [0.3, 0.4) is 0 Å². The van der Waals surface area contributed by atoms with Crippen molar-refractivity contribution >= 4 is 22.9 Å². The second-order valence-corrected chi connectivity index (χ2v) is 3.52. The highest BCUT2D eigenvalue weighted by Crippen LogP contribution is 2.37. The largest absolute Gasteiger partial charge is 0.382 e. The molecular weight excluding hydrogens is 180 g/mol. The molecule has 6 heteroatoms. The van der Waals surface area contributed by atoms with Gasteiger partial charge in [0, 0.05) is 6.04 Å². The molecule has 0 bridgehead atoms. The summed E-state index contributed by atoms with van der Waals surface area (Å²) in [6.45, 7) is 0. The number of imidazole rings is 1. The van der Waals surface area contributed by atoms with Gasteiger partial charge in [-0.3, -0.25) is 0 Å². The van der Waals surface area contributed by atoms with Gasteiger partial charge < -0.3 is 16.0 Å². The molecule has 0 spiro atoms. The Bertz CT molecular complexity index is 498. The number of aromatic nitrogens is 4. The van der Waals surface area contributed by atoms with Gasteiger partial charge in [-0.05, 0) is 12.8 Å². The normalized spacial score (nSPS) is 16.3. The first-order chi connectivity index (χ1) is 6.75. The van der Waals surface area contributed by atoms with Crippen molar-refractivity contribution in [3.05, 3.63) is 6.33 Å². The Hall–Kier alpha value is -1.85. The van der Waals surface area contributed by atoms with Crippen molar-refractivity contribution in [3.8, 4) is 0 Å². The van der Waals surface area contributed by atoms with E-state index in [2.05, 4.69) is 15.0 Å². The smallest absolute Gasteiger partial charge is 0.224 e. The Morgan fingerprint density at radius 2 is 2.07 bits per heavy atom. The maximum atomic E-state index is 5.68. The van der Waals surface area contributed by atoms with Crippen molar-refractivity contribution in [2.45, 2.75) is 18.9 Å². The van der Waals surface area contributed by atoms with Gasteiger partial charge in [-0.25, -0.2) is 4.98 Å². The summed E-state index contributed by atoms with van der Waals surface area (Å²) < 4.78 is 2.02. The quantitative estimate of drug-likeness (QED) is 0.675. The molecule has 72 valence electrons. The molecule has 14 heavy (non-hydrogen) atoms. The van der Waals surface area contributed by atoms with Gasteiger partial charge in [-0.1, -0.05) is 0 Å². The van der Waals surface area contributed by atoms with Gasteiger partial charge in [0.05, 0.1) is 6.33 Å². The summed E-state index contributed by atoms with van der Waals surface area (Å²) in [5.74, 6) is 0.560. The first-order valence-corrected chi connectivity index (χ1v) is 4.51. The van der Waals surface area contributed by atoms with Crippen LogP contribution in [0.15, 0.2) is 6.33 Å². The molecule has 1 saturated carbocycles. The van der Waals surface area contributed by atoms with Crippen LogP contribution in [-0.2, 0) is 0 Å². The molecule has 0 aliphatic heterocycles. The fourth-order valence-electron chi connectivity index (χ4n) is 1.58. The van der Waals surface area contributed by atoms with Crippen LogP contribution < -0.4 is 11.5 Å². The zero-order chi connectivity index (χ0) is 9.71. The van der Waals surface area contributed by atoms with E-state index in [0.717, 1.165) is 5.65 Å². The molecule has 0 aromatic carbocycles. The lowest BCUT2D eigenvalue weighted by molar-refractivity contribution is 0.757. The molecular formula is C8H10N6. The van der Waals surface area contributed by atoms with Crippen LogP contribution in [0.4, 0.5) is 11.8 Å². The first kappa shape index (κ1) is 7.54.